The van der Waals surface area contributed by atoms with Crippen LogP contribution in [0.25, 0.3) is 0 Å². The van der Waals surface area contributed by atoms with Gasteiger partial charge in [-0.25, -0.2) is 4.98 Å². The zero-order chi connectivity index (χ0) is 6.69. The molecule has 0 aromatic carbocycles. The number of rotatable bonds is 2. The largest absolute Gasteiger partial charge is 0.393 e. The Morgan fingerprint density at radius 1 is 1.89 bits per heavy atom. The summed E-state index contributed by atoms with van der Waals surface area (Å²) in [5.41, 5.74) is 2.76. The van der Waals surface area contributed by atoms with Gasteiger partial charge in [0.1, 0.15) is 0 Å². The van der Waals surface area contributed by atoms with Crippen LogP contribution in [0.4, 0.5) is 0 Å². The summed E-state index contributed by atoms with van der Waals surface area (Å²) in [6.45, 7) is 1.76. The fourth-order valence-corrected chi connectivity index (χ4v) is 1.21. The van der Waals surface area contributed by atoms with Crippen molar-refractivity contribution in [3.63, 3.8) is 0 Å². The maximum atomic E-state index is 8.89. The van der Waals surface area contributed by atoms with Crippen molar-refractivity contribution in [2.24, 2.45) is 0 Å². The third-order valence-electron chi connectivity index (χ3n) is 0.988. The molecule has 0 radical (unpaired) electrons. The first kappa shape index (κ1) is 6.71. The van der Waals surface area contributed by atoms with Crippen molar-refractivity contribution < 1.29 is 5.11 Å². The molecular formula is C6H9NOS. The van der Waals surface area contributed by atoms with E-state index < -0.39 is 0 Å². The second-order valence-corrected chi connectivity index (χ2v) is 2.75. The summed E-state index contributed by atoms with van der Waals surface area (Å²) >= 11 is 1.56. The molecule has 1 atom stereocenters. The van der Waals surface area contributed by atoms with Gasteiger partial charge in [0.25, 0.3) is 0 Å². The van der Waals surface area contributed by atoms with E-state index in [2.05, 4.69) is 4.98 Å². The summed E-state index contributed by atoms with van der Waals surface area (Å²) < 4.78 is 0. The second kappa shape index (κ2) is 2.94. The molecule has 1 N–H and O–H groups in total. The van der Waals surface area contributed by atoms with E-state index in [-0.39, 0.29) is 6.10 Å². The van der Waals surface area contributed by atoms with Crippen molar-refractivity contribution in [3.8, 4) is 0 Å². The normalized spacial score (nSPS) is 13.6. The Kier molecular flexibility index (Phi) is 2.19. The zero-order valence-corrected chi connectivity index (χ0v) is 6.06. The van der Waals surface area contributed by atoms with E-state index >= 15 is 0 Å². The van der Waals surface area contributed by atoms with Crippen molar-refractivity contribution in [1.82, 2.24) is 4.98 Å². The van der Waals surface area contributed by atoms with E-state index in [0.29, 0.717) is 6.42 Å². The highest BCUT2D eigenvalue weighted by atomic mass is 32.1. The van der Waals surface area contributed by atoms with Gasteiger partial charge in [-0.05, 0) is 6.92 Å². The van der Waals surface area contributed by atoms with Gasteiger partial charge in [-0.1, -0.05) is 0 Å². The Bertz CT molecular complexity index is 160. The molecule has 0 saturated carbocycles. The van der Waals surface area contributed by atoms with E-state index in [9.17, 15) is 0 Å². The van der Waals surface area contributed by atoms with Crippen LogP contribution in [0.15, 0.2) is 10.9 Å². The Labute approximate surface area is 58.2 Å². The predicted octanol–water partition coefficient (Wildman–Crippen LogP) is 1.07. The smallest absolute Gasteiger partial charge is 0.0794 e. The van der Waals surface area contributed by atoms with Crippen LogP contribution in [0.1, 0.15) is 12.6 Å². The molecule has 0 bridgehead atoms. The molecule has 0 saturated heterocycles. The minimum atomic E-state index is -0.271. The number of thiazole rings is 1. The standard InChI is InChI=1S/C6H9NOS/c1-5(8)2-6-3-9-4-7-6/h3-5,8H,2H2,1H3/t5-/m0/s1. The molecule has 50 valence electrons. The predicted molar refractivity (Wildman–Crippen MR) is 37.5 cm³/mol. The molecule has 1 aromatic heterocycles. The highest BCUT2D eigenvalue weighted by molar-refractivity contribution is 7.07. The van der Waals surface area contributed by atoms with Crippen LogP contribution in [0, 0.1) is 0 Å². The van der Waals surface area contributed by atoms with Crippen LogP contribution < -0.4 is 0 Å². The number of aliphatic hydroxyl groups is 1. The van der Waals surface area contributed by atoms with Gasteiger partial charge in [0.05, 0.1) is 17.3 Å². The first-order valence-corrected chi connectivity index (χ1v) is 3.78. The zero-order valence-electron chi connectivity index (χ0n) is 5.24. The molecule has 0 unspecified atom stereocenters. The minimum Gasteiger partial charge on any atom is -0.393 e. The Morgan fingerprint density at radius 2 is 2.67 bits per heavy atom. The number of nitrogens with zero attached hydrogens (tertiary/aromatic N) is 1. The molecule has 0 amide bonds. The topological polar surface area (TPSA) is 33.1 Å². The van der Waals surface area contributed by atoms with Gasteiger partial charge in [0.15, 0.2) is 0 Å². The van der Waals surface area contributed by atoms with E-state index in [1.54, 1.807) is 23.8 Å². The van der Waals surface area contributed by atoms with Gasteiger partial charge in [-0.15, -0.1) is 11.3 Å². The van der Waals surface area contributed by atoms with E-state index in [1.165, 1.54) is 0 Å². The van der Waals surface area contributed by atoms with Gasteiger partial charge < -0.3 is 5.11 Å². The van der Waals surface area contributed by atoms with Crippen LogP contribution >= 0.6 is 11.3 Å². The molecule has 0 aliphatic heterocycles. The molecule has 1 heterocycles. The van der Waals surface area contributed by atoms with Crippen LogP contribution in [-0.2, 0) is 6.42 Å². The summed E-state index contributed by atoms with van der Waals surface area (Å²) in [5.74, 6) is 0. The fourth-order valence-electron chi connectivity index (χ4n) is 0.641. The van der Waals surface area contributed by atoms with Crippen LogP contribution in [-0.4, -0.2) is 16.2 Å². The molecule has 2 nitrogen and oxygen atoms in total. The summed E-state index contributed by atoms with van der Waals surface area (Å²) in [7, 11) is 0. The fraction of sp³-hybridized carbons (Fsp3) is 0.500. The first-order valence-electron chi connectivity index (χ1n) is 2.84. The first-order chi connectivity index (χ1) is 4.29. The summed E-state index contributed by atoms with van der Waals surface area (Å²) in [4.78, 5) is 4.01. The third-order valence-corrected chi connectivity index (χ3v) is 1.62. The number of hydrogen-bond acceptors (Lipinski definition) is 3. The van der Waals surface area contributed by atoms with Gasteiger partial charge in [0, 0.05) is 11.8 Å². The molecule has 9 heavy (non-hydrogen) atoms. The summed E-state index contributed by atoms with van der Waals surface area (Å²) in [6, 6.07) is 0. The molecular weight excluding hydrogens is 134 g/mol. The lowest BCUT2D eigenvalue weighted by atomic mass is 10.2. The average molecular weight is 143 g/mol. The maximum Gasteiger partial charge on any atom is 0.0794 e. The Morgan fingerprint density at radius 3 is 3.11 bits per heavy atom. The molecule has 3 heteroatoms. The highest BCUT2D eigenvalue weighted by Gasteiger charge is 1.98. The SMILES string of the molecule is C[C@H](O)Cc1cscn1. The van der Waals surface area contributed by atoms with Crippen molar-refractivity contribution in [1.29, 1.82) is 0 Å². The van der Waals surface area contributed by atoms with E-state index in [0.717, 1.165) is 5.69 Å². The molecule has 0 spiro atoms. The van der Waals surface area contributed by atoms with Gasteiger partial charge in [0.2, 0.25) is 0 Å². The van der Waals surface area contributed by atoms with Crippen molar-refractivity contribution in [3.05, 3.63) is 16.6 Å². The highest BCUT2D eigenvalue weighted by Crippen LogP contribution is 2.03. The number of aromatic nitrogens is 1. The number of hydrogen-bond donors (Lipinski definition) is 1. The molecule has 1 rings (SSSR count). The van der Waals surface area contributed by atoms with Crippen molar-refractivity contribution >= 4 is 11.3 Å². The second-order valence-electron chi connectivity index (χ2n) is 2.03. The number of aliphatic hydroxyl groups excluding tert-OH is 1. The quantitative estimate of drug-likeness (QED) is 0.671. The van der Waals surface area contributed by atoms with Crippen molar-refractivity contribution in [2.75, 3.05) is 0 Å². The van der Waals surface area contributed by atoms with Crippen molar-refractivity contribution in [2.45, 2.75) is 19.4 Å². The molecule has 0 fully saturated rings. The lowest BCUT2D eigenvalue weighted by Crippen LogP contribution is -2.03. The molecule has 0 aliphatic carbocycles. The molecule has 0 aliphatic rings. The lowest BCUT2D eigenvalue weighted by Gasteiger charge is -1.97. The Balaban J connectivity index is 2.48. The lowest BCUT2D eigenvalue weighted by molar-refractivity contribution is 0.194. The van der Waals surface area contributed by atoms with Gasteiger partial charge in [-0.3, -0.25) is 0 Å². The summed E-state index contributed by atoms with van der Waals surface area (Å²) in [5, 5.41) is 10.8. The van der Waals surface area contributed by atoms with E-state index in [1.807, 2.05) is 5.38 Å². The third kappa shape index (κ3) is 2.11. The minimum absolute atomic E-state index is 0.271. The van der Waals surface area contributed by atoms with Crippen LogP contribution in [0.2, 0.25) is 0 Å². The Hall–Kier alpha value is -0.410. The van der Waals surface area contributed by atoms with Crippen LogP contribution in [0.3, 0.4) is 0 Å². The summed E-state index contributed by atoms with van der Waals surface area (Å²) in [6.07, 6.45) is 0.399. The van der Waals surface area contributed by atoms with Crippen LogP contribution in [0.5, 0.6) is 0 Å². The maximum absolute atomic E-state index is 8.89. The van der Waals surface area contributed by atoms with E-state index in [4.69, 9.17) is 5.11 Å². The van der Waals surface area contributed by atoms with Gasteiger partial charge in [-0.2, -0.15) is 0 Å². The monoisotopic (exact) mass is 143 g/mol. The van der Waals surface area contributed by atoms with Gasteiger partial charge >= 0.3 is 0 Å². The molecule has 1 aromatic rings. The average Bonchev–Trinajstić information content (AvgIpc) is 2.15.